The van der Waals surface area contributed by atoms with Gasteiger partial charge in [0, 0.05) is 12.1 Å². The summed E-state index contributed by atoms with van der Waals surface area (Å²) in [5, 5.41) is 3.48. The third-order valence-electron chi connectivity index (χ3n) is 4.51. The number of nitrogens with one attached hydrogen (secondary N) is 1. The van der Waals surface area contributed by atoms with Gasteiger partial charge in [-0.3, -0.25) is 4.90 Å². The molecule has 0 bridgehead atoms. The van der Waals surface area contributed by atoms with Crippen molar-refractivity contribution in [2.24, 2.45) is 5.92 Å². The number of para-hydroxylation sites is 1. The quantitative estimate of drug-likeness (QED) is 0.704. The summed E-state index contributed by atoms with van der Waals surface area (Å²) in [5.74, 6) is 1.93. The fourth-order valence-corrected chi connectivity index (χ4v) is 3.04. The lowest BCUT2D eigenvalue weighted by atomic mass is 9.96. The van der Waals surface area contributed by atoms with Crippen LogP contribution in [-0.4, -0.2) is 37.7 Å². The Morgan fingerprint density at radius 1 is 1.18 bits per heavy atom. The van der Waals surface area contributed by atoms with E-state index in [0.29, 0.717) is 0 Å². The van der Waals surface area contributed by atoms with Crippen LogP contribution >= 0.6 is 0 Å². The van der Waals surface area contributed by atoms with Gasteiger partial charge in [0.25, 0.3) is 0 Å². The van der Waals surface area contributed by atoms with E-state index >= 15 is 0 Å². The third kappa shape index (κ3) is 5.62. The Kier molecular flexibility index (Phi) is 7.75. The molecule has 2 rings (SSSR count). The zero-order valence-electron chi connectivity index (χ0n) is 14.3. The van der Waals surface area contributed by atoms with Crippen LogP contribution in [0.15, 0.2) is 24.3 Å². The first-order valence-corrected chi connectivity index (χ1v) is 8.97. The molecular formula is C19H32N2O. The minimum atomic E-state index is 0.832. The summed E-state index contributed by atoms with van der Waals surface area (Å²) in [4.78, 5) is 2.57. The lowest BCUT2D eigenvalue weighted by Crippen LogP contribution is -2.36. The van der Waals surface area contributed by atoms with E-state index in [1.165, 1.54) is 44.5 Å². The van der Waals surface area contributed by atoms with E-state index in [0.717, 1.165) is 37.8 Å². The number of piperidine rings is 1. The summed E-state index contributed by atoms with van der Waals surface area (Å²) >= 11 is 0. The topological polar surface area (TPSA) is 24.5 Å². The Morgan fingerprint density at radius 2 is 1.95 bits per heavy atom. The van der Waals surface area contributed by atoms with Crippen LogP contribution in [0.4, 0.5) is 0 Å². The minimum Gasteiger partial charge on any atom is -0.493 e. The summed E-state index contributed by atoms with van der Waals surface area (Å²) in [6.45, 7) is 10.9. The molecule has 0 aromatic heterocycles. The molecule has 3 nitrogen and oxygen atoms in total. The largest absolute Gasteiger partial charge is 0.493 e. The summed E-state index contributed by atoms with van der Waals surface area (Å²) < 4.78 is 5.96. The van der Waals surface area contributed by atoms with Crippen LogP contribution < -0.4 is 10.1 Å². The Balaban J connectivity index is 1.81. The van der Waals surface area contributed by atoms with E-state index in [1.807, 2.05) is 0 Å². The minimum absolute atomic E-state index is 0.832. The molecule has 1 aliphatic heterocycles. The molecule has 0 saturated carbocycles. The van der Waals surface area contributed by atoms with Crippen molar-refractivity contribution in [3.05, 3.63) is 29.8 Å². The van der Waals surface area contributed by atoms with Gasteiger partial charge in [-0.1, -0.05) is 38.5 Å². The molecule has 1 saturated heterocycles. The maximum absolute atomic E-state index is 5.96. The third-order valence-corrected chi connectivity index (χ3v) is 4.51. The summed E-state index contributed by atoms with van der Waals surface area (Å²) in [7, 11) is 0. The van der Waals surface area contributed by atoms with E-state index in [4.69, 9.17) is 4.74 Å². The normalized spacial score (nSPS) is 16.8. The van der Waals surface area contributed by atoms with Crippen LogP contribution in [0, 0.1) is 5.92 Å². The van der Waals surface area contributed by atoms with Gasteiger partial charge >= 0.3 is 0 Å². The lowest BCUT2D eigenvalue weighted by Gasteiger charge is -2.32. The summed E-state index contributed by atoms with van der Waals surface area (Å²) in [6, 6.07) is 8.53. The lowest BCUT2D eigenvalue weighted by molar-refractivity contribution is 0.173. The number of rotatable bonds is 9. The maximum Gasteiger partial charge on any atom is 0.123 e. The van der Waals surface area contributed by atoms with E-state index in [-0.39, 0.29) is 0 Å². The number of likely N-dealkylation sites (tertiary alicyclic amines) is 1. The average Bonchev–Trinajstić information content (AvgIpc) is 2.56. The number of hydrogen-bond donors (Lipinski definition) is 1. The van der Waals surface area contributed by atoms with Crippen molar-refractivity contribution in [3.8, 4) is 5.75 Å². The van der Waals surface area contributed by atoms with Crippen LogP contribution in [0.2, 0.25) is 0 Å². The Bertz CT molecular complexity index is 414. The molecule has 1 heterocycles. The highest BCUT2D eigenvalue weighted by molar-refractivity contribution is 5.33. The van der Waals surface area contributed by atoms with Crippen molar-refractivity contribution in [3.63, 3.8) is 0 Å². The number of benzene rings is 1. The Hall–Kier alpha value is -1.06. The van der Waals surface area contributed by atoms with Crippen molar-refractivity contribution in [2.45, 2.75) is 46.1 Å². The second-order valence-electron chi connectivity index (χ2n) is 6.34. The SMILES string of the molecule is CCCCOc1ccccc1CN1CCC(CNCC)CC1. The number of unbranched alkanes of at least 4 members (excludes halogenated alkanes) is 1. The monoisotopic (exact) mass is 304 g/mol. The average molecular weight is 304 g/mol. The molecule has 1 N–H and O–H groups in total. The van der Waals surface area contributed by atoms with Gasteiger partial charge in [0.1, 0.15) is 5.75 Å². The highest BCUT2D eigenvalue weighted by atomic mass is 16.5. The number of hydrogen-bond acceptors (Lipinski definition) is 3. The Labute approximate surface area is 136 Å². The standard InChI is InChI=1S/C19H32N2O/c1-3-5-14-22-19-9-7-6-8-18(19)16-21-12-10-17(11-13-21)15-20-4-2/h6-9,17,20H,3-5,10-16H2,1-2H3. The van der Waals surface area contributed by atoms with E-state index in [2.05, 4.69) is 48.3 Å². The zero-order valence-corrected chi connectivity index (χ0v) is 14.3. The number of ether oxygens (including phenoxy) is 1. The Morgan fingerprint density at radius 3 is 2.68 bits per heavy atom. The van der Waals surface area contributed by atoms with E-state index in [9.17, 15) is 0 Å². The molecule has 0 atom stereocenters. The molecule has 1 aliphatic rings. The predicted molar refractivity (Wildman–Crippen MR) is 93.4 cm³/mol. The van der Waals surface area contributed by atoms with Crippen LogP contribution in [0.5, 0.6) is 5.75 Å². The van der Waals surface area contributed by atoms with Gasteiger partial charge in [0.2, 0.25) is 0 Å². The predicted octanol–water partition coefficient (Wildman–Crippen LogP) is 3.69. The molecule has 1 aromatic rings. The second-order valence-corrected chi connectivity index (χ2v) is 6.34. The van der Waals surface area contributed by atoms with Crippen LogP contribution in [-0.2, 0) is 6.54 Å². The van der Waals surface area contributed by atoms with Crippen LogP contribution in [0.25, 0.3) is 0 Å². The van der Waals surface area contributed by atoms with E-state index < -0.39 is 0 Å². The molecular weight excluding hydrogens is 272 g/mol. The van der Waals surface area contributed by atoms with Crippen molar-refractivity contribution < 1.29 is 4.74 Å². The van der Waals surface area contributed by atoms with Gasteiger partial charge in [0.05, 0.1) is 6.61 Å². The van der Waals surface area contributed by atoms with Gasteiger partial charge in [-0.2, -0.15) is 0 Å². The van der Waals surface area contributed by atoms with Crippen molar-refractivity contribution >= 4 is 0 Å². The zero-order chi connectivity index (χ0) is 15.6. The fraction of sp³-hybridized carbons (Fsp3) is 0.684. The first kappa shape index (κ1) is 17.3. The maximum atomic E-state index is 5.96. The molecule has 0 amide bonds. The fourth-order valence-electron chi connectivity index (χ4n) is 3.04. The van der Waals surface area contributed by atoms with Crippen molar-refractivity contribution in [1.82, 2.24) is 10.2 Å². The highest BCUT2D eigenvalue weighted by Gasteiger charge is 2.19. The van der Waals surface area contributed by atoms with Crippen LogP contribution in [0.1, 0.15) is 45.1 Å². The second kappa shape index (κ2) is 9.86. The molecule has 22 heavy (non-hydrogen) atoms. The van der Waals surface area contributed by atoms with Gasteiger partial charge in [-0.25, -0.2) is 0 Å². The van der Waals surface area contributed by atoms with Crippen LogP contribution in [0.3, 0.4) is 0 Å². The smallest absolute Gasteiger partial charge is 0.123 e. The van der Waals surface area contributed by atoms with Crippen molar-refractivity contribution in [2.75, 3.05) is 32.8 Å². The molecule has 1 fully saturated rings. The molecule has 0 unspecified atom stereocenters. The molecule has 1 aromatic carbocycles. The van der Waals surface area contributed by atoms with Gasteiger partial charge in [-0.05, 0) is 57.4 Å². The van der Waals surface area contributed by atoms with Crippen molar-refractivity contribution in [1.29, 1.82) is 0 Å². The summed E-state index contributed by atoms with van der Waals surface area (Å²) in [5.41, 5.74) is 1.34. The molecule has 3 heteroatoms. The molecule has 0 aliphatic carbocycles. The molecule has 0 radical (unpaired) electrons. The molecule has 124 valence electrons. The number of nitrogens with zero attached hydrogens (tertiary/aromatic N) is 1. The first-order valence-electron chi connectivity index (χ1n) is 8.97. The summed E-state index contributed by atoms with van der Waals surface area (Å²) in [6.07, 6.45) is 4.93. The highest BCUT2D eigenvalue weighted by Crippen LogP contribution is 2.23. The van der Waals surface area contributed by atoms with E-state index in [1.54, 1.807) is 0 Å². The molecule has 0 spiro atoms. The van der Waals surface area contributed by atoms with Gasteiger partial charge in [0.15, 0.2) is 0 Å². The van der Waals surface area contributed by atoms with Gasteiger partial charge < -0.3 is 10.1 Å². The van der Waals surface area contributed by atoms with Gasteiger partial charge in [-0.15, -0.1) is 0 Å². The first-order chi connectivity index (χ1) is 10.8.